The van der Waals surface area contributed by atoms with E-state index < -0.39 is 5.97 Å². The summed E-state index contributed by atoms with van der Waals surface area (Å²) in [6, 6.07) is 6.93. The molecule has 1 N–H and O–H groups in total. The molecule has 0 saturated heterocycles. The van der Waals surface area contributed by atoms with Gasteiger partial charge in [0, 0.05) is 5.33 Å². The van der Waals surface area contributed by atoms with E-state index in [4.69, 9.17) is 5.11 Å². The largest absolute Gasteiger partial charge is 0.478 e. The number of benzene rings is 1. The van der Waals surface area contributed by atoms with Gasteiger partial charge in [-0.2, -0.15) is 0 Å². The van der Waals surface area contributed by atoms with Gasteiger partial charge in [0.15, 0.2) is 0 Å². The predicted molar refractivity (Wildman–Crippen MR) is 56.4 cm³/mol. The molecule has 0 heterocycles. The van der Waals surface area contributed by atoms with Crippen LogP contribution < -0.4 is 0 Å². The van der Waals surface area contributed by atoms with Crippen LogP contribution in [0.3, 0.4) is 0 Å². The minimum absolute atomic E-state index is 0. The number of halogens is 2. The number of aromatic carboxylic acids is 1. The van der Waals surface area contributed by atoms with Crippen LogP contribution in [0.25, 0.3) is 0 Å². The summed E-state index contributed by atoms with van der Waals surface area (Å²) < 4.78 is 0. The van der Waals surface area contributed by atoms with Crippen molar-refractivity contribution in [2.45, 2.75) is 5.33 Å². The summed E-state index contributed by atoms with van der Waals surface area (Å²) in [5.41, 5.74) is 1.17. The Kier molecular flexibility index (Phi) is 5.17. The van der Waals surface area contributed by atoms with E-state index in [-0.39, 0.29) is 17.0 Å². The molecular formula is C8H8Br2O2. The third kappa shape index (κ3) is 2.60. The zero-order chi connectivity index (χ0) is 8.27. The van der Waals surface area contributed by atoms with Gasteiger partial charge in [0.25, 0.3) is 0 Å². The fourth-order valence-electron chi connectivity index (χ4n) is 0.845. The van der Waals surface area contributed by atoms with E-state index in [2.05, 4.69) is 15.9 Å². The molecule has 0 aliphatic carbocycles. The highest BCUT2D eigenvalue weighted by molar-refractivity contribution is 9.08. The monoisotopic (exact) mass is 294 g/mol. The van der Waals surface area contributed by atoms with E-state index in [1.165, 1.54) is 0 Å². The Balaban J connectivity index is 0.00000121. The second-order valence-corrected chi connectivity index (χ2v) is 2.66. The Bertz CT molecular complexity index is 274. The third-order valence-electron chi connectivity index (χ3n) is 1.39. The van der Waals surface area contributed by atoms with Crippen molar-refractivity contribution in [3.63, 3.8) is 0 Å². The van der Waals surface area contributed by atoms with Crippen LogP contribution in [0.5, 0.6) is 0 Å². The highest BCUT2D eigenvalue weighted by Gasteiger charge is 2.06. The molecule has 0 aromatic heterocycles. The average molecular weight is 296 g/mol. The average Bonchev–Trinajstić information content (AvgIpc) is 2.04. The first-order valence-corrected chi connectivity index (χ1v) is 4.25. The van der Waals surface area contributed by atoms with E-state index >= 15 is 0 Å². The molecule has 0 saturated carbocycles. The summed E-state index contributed by atoms with van der Waals surface area (Å²) in [5.74, 6) is -0.875. The normalized spacial score (nSPS) is 8.75. The van der Waals surface area contributed by atoms with Crippen molar-refractivity contribution >= 4 is 38.9 Å². The quantitative estimate of drug-likeness (QED) is 0.852. The topological polar surface area (TPSA) is 37.3 Å². The Morgan fingerprint density at radius 3 is 2.42 bits per heavy atom. The van der Waals surface area contributed by atoms with Gasteiger partial charge in [-0.1, -0.05) is 34.1 Å². The maximum absolute atomic E-state index is 10.6. The molecule has 0 unspecified atom stereocenters. The summed E-state index contributed by atoms with van der Waals surface area (Å²) in [6.45, 7) is 0. The van der Waals surface area contributed by atoms with E-state index in [0.717, 1.165) is 5.56 Å². The summed E-state index contributed by atoms with van der Waals surface area (Å²) >= 11 is 3.21. The summed E-state index contributed by atoms with van der Waals surface area (Å²) in [5, 5.41) is 9.25. The molecule has 0 fully saturated rings. The van der Waals surface area contributed by atoms with Crippen molar-refractivity contribution in [2.24, 2.45) is 0 Å². The second kappa shape index (κ2) is 5.32. The van der Waals surface area contributed by atoms with Crippen molar-refractivity contribution in [2.75, 3.05) is 0 Å². The standard InChI is InChI=1S/C8H7BrO2.BrH/c9-5-6-3-1-2-4-7(6)8(10)11;/h1-4H,5H2,(H,10,11);1H. The molecule has 0 aliphatic rings. The first-order valence-electron chi connectivity index (χ1n) is 3.13. The summed E-state index contributed by atoms with van der Waals surface area (Å²) in [7, 11) is 0. The molecule has 0 amide bonds. The molecule has 1 aromatic carbocycles. The van der Waals surface area contributed by atoms with E-state index in [1.54, 1.807) is 18.2 Å². The van der Waals surface area contributed by atoms with Gasteiger partial charge in [0.05, 0.1) is 5.56 Å². The van der Waals surface area contributed by atoms with E-state index in [1.807, 2.05) is 6.07 Å². The molecule has 0 radical (unpaired) electrons. The molecule has 0 spiro atoms. The minimum atomic E-state index is -0.875. The Morgan fingerprint density at radius 2 is 2.00 bits per heavy atom. The number of carboxylic acid groups (broad SMARTS) is 1. The maximum Gasteiger partial charge on any atom is 0.335 e. The molecule has 1 rings (SSSR count). The van der Waals surface area contributed by atoms with Crippen LogP contribution in [0.1, 0.15) is 15.9 Å². The molecule has 0 bridgehead atoms. The van der Waals surface area contributed by atoms with Gasteiger partial charge in [-0.15, -0.1) is 17.0 Å². The number of carboxylic acids is 1. The molecule has 0 aliphatic heterocycles. The second-order valence-electron chi connectivity index (χ2n) is 2.10. The van der Waals surface area contributed by atoms with Gasteiger partial charge in [-0.05, 0) is 11.6 Å². The maximum atomic E-state index is 10.6. The SMILES string of the molecule is Br.O=C(O)c1ccccc1CBr. The highest BCUT2D eigenvalue weighted by atomic mass is 79.9. The van der Waals surface area contributed by atoms with Crippen LogP contribution in [0, 0.1) is 0 Å². The van der Waals surface area contributed by atoms with Gasteiger partial charge in [-0.25, -0.2) is 4.79 Å². The van der Waals surface area contributed by atoms with Crippen molar-refractivity contribution in [3.8, 4) is 0 Å². The van der Waals surface area contributed by atoms with Crippen LogP contribution in [0.2, 0.25) is 0 Å². The zero-order valence-electron chi connectivity index (χ0n) is 6.16. The molecule has 1 aromatic rings. The molecule has 0 atom stereocenters. The first-order chi connectivity index (χ1) is 5.25. The molecule has 2 nitrogen and oxygen atoms in total. The van der Waals surface area contributed by atoms with Crippen LogP contribution in [-0.2, 0) is 5.33 Å². The first kappa shape index (κ1) is 11.6. The number of rotatable bonds is 2. The Labute approximate surface area is 89.5 Å². The van der Waals surface area contributed by atoms with E-state index in [9.17, 15) is 4.79 Å². The van der Waals surface area contributed by atoms with Gasteiger partial charge >= 0.3 is 5.97 Å². The molecule has 12 heavy (non-hydrogen) atoms. The highest BCUT2D eigenvalue weighted by Crippen LogP contribution is 2.11. The summed E-state index contributed by atoms with van der Waals surface area (Å²) in [4.78, 5) is 10.6. The lowest BCUT2D eigenvalue weighted by Crippen LogP contribution is -1.99. The lowest BCUT2D eigenvalue weighted by Gasteiger charge is -1.99. The predicted octanol–water partition coefficient (Wildman–Crippen LogP) is 2.86. The van der Waals surface area contributed by atoms with Crippen LogP contribution in [0.4, 0.5) is 0 Å². The lowest BCUT2D eigenvalue weighted by atomic mass is 10.1. The van der Waals surface area contributed by atoms with Crippen molar-refractivity contribution < 1.29 is 9.90 Å². The summed E-state index contributed by atoms with van der Waals surface area (Å²) in [6.07, 6.45) is 0. The number of hydrogen-bond donors (Lipinski definition) is 1. The van der Waals surface area contributed by atoms with Crippen LogP contribution in [0.15, 0.2) is 24.3 Å². The zero-order valence-corrected chi connectivity index (χ0v) is 9.46. The van der Waals surface area contributed by atoms with Gasteiger partial charge in [0.2, 0.25) is 0 Å². The Hall–Kier alpha value is -0.350. The molecule has 66 valence electrons. The van der Waals surface area contributed by atoms with Crippen LogP contribution in [-0.4, -0.2) is 11.1 Å². The number of hydrogen-bond acceptors (Lipinski definition) is 1. The molecular weight excluding hydrogens is 288 g/mol. The fourth-order valence-corrected chi connectivity index (χ4v) is 1.33. The Morgan fingerprint density at radius 1 is 1.42 bits per heavy atom. The smallest absolute Gasteiger partial charge is 0.335 e. The van der Waals surface area contributed by atoms with Gasteiger partial charge < -0.3 is 5.11 Å². The van der Waals surface area contributed by atoms with E-state index in [0.29, 0.717) is 10.9 Å². The fraction of sp³-hybridized carbons (Fsp3) is 0.125. The van der Waals surface area contributed by atoms with Crippen molar-refractivity contribution in [3.05, 3.63) is 35.4 Å². The number of carbonyl (C=O) groups is 1. The number of alkyl halides is 1. The van der Waals surface area contributed by atoms with Gasteiger partial charge in [-0.3, -0.25) is 0 Å². The van der Waals surface area contributed by atoms with Gasteiger partial charge in [0.1, 0.15) is 0 Å². The van der Waals surface area contributed by atoms with Crippen LogP contribution >= 0.6 is 32.9 Å². The van der Waals surface area contributed by atoms with Crippen molar-refractivity contribution in [1.82, 2.24) is 0 Å². The molecule has 4 heteroatoms. The van der Waals surface area contributed by atoms with Crippen molar-refractivity contribution in [1.29, 1.82) is 0 Å². The third-order valence-corrected chi connectivity index (χ3v) is 2.00. The lowest BCUT2D eigenvalue weighted by molar-refractivity contribution is 0.0696. The minimum Gasteiger partial charge on any atom is -0.478 e.